The fourth-order valence-corrected chi connectivity index (χ4v) is 2.48. The summed E-state index contributed by atoms with van der Waals surface area (Å²) < 4.78 is 19.3. The molecular weight excluding hydrogens is 335 g/mol. The van der Waals surface area contributed by atoms with Crippen molar-refractivity contribution in [3.8, 4) is 0 Å². The molecule has 1 aliphatic heterocycles. The minimum atomic E-state index is -1.71. The van der Waals surface area contributed by atoms with E-state index in [0.717, 1.165) is 5.56 Å². The van der Waals surface area contributed by atoms with Crippen LogP contribution in [0.4, 0.5) is 4.39 Å². The second-order valence-corrected chi connectivity index (χ2v) is 6.48. The summed E-state index contributed by atoms with van der Waals surface area (Å²) >= 11 is 5.89. The number of nitrogens with one attached hydrogen (secondary N) is 1. The summed E-state index contributed by atoms with van der Waals surface area (Å²) in [6, 6.07) is 6.71. The average molecular weight is 355 g/mol. The standard InChI is InChI=1S/C16H20ClFN4O2/c1-4-24-14(23)15(2,3)10-7-5-9(6-8-10)12-11(18)13(19)22-16(17,20)21-12/h5-8,21H,4,20H2,1-3H3,(H2,19,22). The molecular formula is C16H20ClFN4O2. The van der Waals surface area contributed by atoms with E-state index in [1.807, 2.05) is 0 Å². The molecule has 1 atom stereocenters. The van der Waals surface area contributed by atoms with Crippen LogP contribution in [-0.2, 0) is 14.9 Å². The van der Waals surface area contributed by atoms with Gasteiger partial charge in [-0.15, -0.1) is 0 Å². The number of aliphatic imine (C=N–C) groups is 1. The molecule has 1 aliphatic rings. The van der Waals surface area contributed by atoms with Gasteiger partial charge in [-0.3, -0.25) is 10.5 Å². The highest BCUT2D eigenvalue weighted by Crippen LogP contribution is 2.29. The number of amidine groups is 1. The van der Waals surface area contributed by atoms with Crippen LogP contribution >= 0.6 is 11.6 Å². The van der Waals surface area contributed by atoms with Crippen LogP contribution in [0.5, 0.6) is 0 Å². The van der Waals surface area contributed by atoms with Crippen molar-refractivity contribution in [1.82, 2.24) is 5.32 Å². The first kappa shape index (κ1) is 18.2. The molecule has 0 saturated carbocycles. The third kappa shape index (κ3) is 3.52. The minimum absolute atomic E-state index is 0.0421. The van der Waals surface area contributed by atoms with E-state index < -0.39 is 16.5 Å². The van der Waals surface area contributed by atoms with E-state index in [9.17, 15) is 9.18 Å². The Morgan fingerprint density at radius 1 is 1.42 bits per heavy atom. The number of esters is 1. The molecule has 1 unspecified atom stereocenters. The van der Waals surface area contributed by atoms with E-state index in [-0.39, 0.29) is 17.5 Å². The Labute approximate surface area is 144 Å². The molecule has 1 aromatic rings. The van der Waals surface area contributed by atoms with Gasteiger partial charge in [-0.2, -0.15) is 0 Å². The summed E-state index contributed by atoms with van der Waals surface area (Å²) in [5.41, 5.74) is 11.6. The molecule has 2 rings (SSSR count). The van der Waals surface area contributed by atoms with Gasteiger partial charge < -0.3 is 15.8 Å². The fourth-order valence-electron chi connectivity index (χ4n) is 2.29. The van der Waals surface area contributed by atoms with E-state index in [1.54, 1.807) is 45.0 Å². The largest absolute Gasteiger partial charge is 0.465 e. The van der Waals surface area contributed by atoms with Crippen molar-refractivity contribution in [3.05, 3.63) is 41.2 Å². The molecule has 1 heterocycles. The van der Waals surface area contributed by atoms with E-state index in [1.165, 1.54) is 0 Å². The number of alkyl halides is 1. The maximum atomic E-state index is 14.2. The summed E-state index contributed by atoms with van der Waals surface area (Å²) in [7, 11) is 0. The Balaban J connectivity index is 2.35. The molecule has 0 aromatic heterocycles. The second kappa shape index (κ2) is 6.41. The van der Waals surface area contributed by atoms with Gasteiger partial charge in [0.05, 0.1) is 17.7 Å². The summed E-state index contributed by atoms with van der Waals surface area (Å²) in [4.78, 5) is 15.7. The number of carbonyl (C=O) groups is 1. The highest BCUT2D eigenvalue weighted by Gasteiger charge is 2.33. The van der Waals surface area contributed by atoms with Crippen LogP contribution in [0.1, 0.15) is 31.9 Å². The maximum Gasteiger partial charge on any atom is 0.315 e. The lowest BCUT2D eigenvalue weighted by Gasteiger charge is -2.28. The Morgan fingerprint density at radius 2 is 2.00 bits per heavy atom. The smallest absolute Gasteiger partial charge is 0.315 e. The molecule has 5 N–H and O–H groups in total. The van der Waals surface area contributed by atoms with Gasteiger partial charge in [0.15, 0.2) is 11.7 Å². The highest BCUT2D eigenvalue weighted by molar-refractivity contribution is 6.25. The first-order chi connectivity index (χ1) is 11.1. The zero-order valence-electron chi connectivity index (χ0n) is 13.7. The lowest BCUT2D eigenvalue weighted by Crippen LogP contribution is -2.50. The lowest BCUT2D eigenvalue weighted by atomic mass is 9.84. The monoisotopic (exact) mass is 354 g/mol. The number of hydrogen-bond acceptors (Lipinski definition) is 6. The first-order valence-corrected chi connectivity index (χ1v) is 7.76. The molecule has 0 spiro atoms. The van der Waals surface area contributed by atoms with Gasteiger partial charge in [0.25, 0.3) is 5.25 Å². The number of nitrogens with zero attached hydrogens (tertiary/aromatic N) is 1. The molecule has 0 saturated heterocycles. The van der Waals surface area contributed by atoms with E-state index in [2.05, 4.69) is 10.3 Å². The molecule has 24 heavy (non-hydrogen) atoms. The van der Waals surface area contributed by atoms with Gasteiger partial charge in [0, 0.05) is 5.56 Å². The predicted octanol–water partition coefficient (Wildman–Crippen LogP) is 1.93. The number of hydrogen-bond donors (Lipinski definition) is 3. The Kier molecular flexibility index (Phi) is 4.87. The molecule has 130 valence electrons. The molecule has 0 radical (unpaired) electrons. The van der Waals surface area contributed by atoms with Crippen LogP contribution in [0.25, 0.3) is 5.70 Å². The van der Waals surface area contributed by atoms with Crippen molar-refractivity contribution in [3.63, 3.8) is 0 Å². The average Bonchev–Trinajstić information content (AvgIpc) is 2.51. The van der Waals surface area contributed by atoms with Crippen molar-refractivity contribution in [1.29, 1.82) is 0 Å². The topological polar surface area (TPSA) is 103 Å². The SMILES string of the molecule is CCOC(=O)C(C)(C)c1ccc(C2=C(F)C(N)=NC(N)(Cl)N2)cc1. The highest BCUT2D eigenvalue weighted by atomic mass is 35.5. The van der Waals surface area contributed by atoms with Crippen LogP contribution in [0.2, 0.25) is 0 Å². The molecule has 0 bridgehead atoms. The van der Waals surface area contributed by atoms with Crippen LogP contribution in [0.15, 0.2) is 35.1 Å². The number of nitrogens with two attached hydrogens (primary N) is 2. The van der Waals surface area contributed by atoms with Crippen molar-refractivity contribution in [2.75, 3.05) is 6.61 Å². The van der Waals surface area contributed by atoms with Gasteiger partial charge in [0.1, 0.15) is 0 Å². The molecule has 1 aromatic carbocycles. The van der Waals surface area contributed by atoms with Gasteiger partial charge >= 0.3 is 5.97 Å². The third-order valence-electron chi connectivity index (χ3n) is 3.71. The zero-order valence-corrected chi connectivity index (χ0v) is 14.4. The summed E-state index contributed by atoms with van der Waals surface area (Å²) in [6.07, 6.45) is 0. The second-order valence-electron chi connectivity index (χ2n) is 5.91. The van der Waals surface area contributed by atoms with Crippen LogP contribution in [0.3, 0.4) is 0 Å². The maximum absolute atomic E-state index is 14.2. The van der Waals surface area contributed by atoms with Crippen molar-refractivity contribution >= 4 is 29.1 Å². The van der Waals surface area contributed by atoms with E-state index in [0.29, 0.717) is 12.2 Å². The number of benzene rings is 1. The molecule has 6 nitrogen and oxygen atoms in total. The Hall–Kier alpha value is -2.12. The zero-order chi connectivity index (χ0) is 18.1. The fraction of sp³-hybridized carbons (Fsp3) is 0.375. The van der Waals surface area contributed by atoms with Crippen molar-refractivity contribution in [2.24, 2.45) is 16.5 Å². The summed E-state index contributed by atoms with van der Waals surface area (Å²) in [5.74, 6) is -1.46. The summed E-state index contributed by atoms with van der Waals surface area (Å²) in [5, 5.41) is 0.869. The van der Waals surface area contributed by atoms with Gasteiger partial charge in [-0.25, -0.2) is 9.38 Å². The van der Waals surface area contributed by atoms with Gasteiger partial charge in [0.2, 0.25) is 0 Å². The van der Waals surface area contributed by atoms with Crippen molar-refractivity contribution < 1.29 is 13.9 Å². The number of rotatable bonds is 4. The first-order valence-electron chi connectivity index (χ1n) is 7.38. The predicted molar refractivity (Wildman–Crippen MR) is 91.7 cm³/mol. The van der Waals surface area contributed by atoms with Crippen LogP contribution in [-0.4, -0.2) is 23.7 Å². The molecule has 0 aliphatic carbocycles. The lowest BCUT2D eigenvalue weighted by molar-refractivity contribution is -0.148. The molecule has 0 amide bonds. The van der Waals surface area contributed by atoms with Gasteiger partial charge in [-0.05, 0) is 26.3 Å². The van der Waals surface area contributed by atoms with E-state index in [4.69, 9.17) is 27.8 Å². The van der Waals surface area contributed by atoms with Crippen LogP contribution < -0.4 is 16.8 Å². The Bertz CT molecular complexity index is 711. The van der Waals surface area contributed by atoms with E-state index >= 15 is 0 Å². The van der Waals surface area contributed by atoms with Gasteiger partial charge in [-0.1, -0.05) is 35.9 Å². The quantitative estimate of drug-likeness (QED) is 0.435. The normalized spacial score (nSPS) is 21.2. The van der Waals surface area contributed by atoms with Crippen molar-refractivity contribution in [2.45, 2.75) is 31.4 Å². The number of carbonyl (C=O) groups excluding carboxylic acids is 1. The number of halogens is 2. The number of ether oxygens (including phenoxy) is 1. The molecule has 0 fully saturated rings. The Morgan fingerprint density at radius 3 is 2.54 bits per heavy atom. The third-order valence-corrected chi connectivity index (χ3v) is 3.89. The summed E-state index contributed by atoms with van der Waals surface area (Å²) in [6.45, 7) is 5.56. The van der Waals surface area contributed by atoms with Crippen LogP contribution in [0, 0.1) is 0 Å². The minimum Gasteiger partial charge on any atom is -0.465 e. The molecule has 8 heteroatoms.